The Hall–Kier alpha value is -3.33. The molecule has 1 N–H and O–H groups in total. The van der Waals surface area contributed by atoms with E-state index < -0.39 is 0 Å². The van der Waals surface area contributed by atoms with Crippen molar-refractivity contribution in [1.82, 2.24) is 15.1 Å². The van der Waals surface area contributed by atoms with Gasteiger partial charge in [-0.25, -0.2) is 9.18 Å². The summed E-state index contributed by atoms with van der Waals surface area (Å²) in [6.07, 6.45) is 2.34. The second-order valence-electron chi connectivity index (χ2n) is 10.0. The van der Waals surface area contributed by atoms with Gasteiger partial charge in [-0.2, -0.15) is 0 Å². The van der Waals surface area contributed by atoms with Gasteiger partial charge >= 0.3 is 6.03 Å². The van der Waals surface area contributed by atoms with Gasteiger partial charge in [-0.05, 0) is 60.6 Å². The molecular formula is C28H34FN3O5. The number of halogens is 1. The minimum atomic E-state index is -0.265. The van der Waals surface area contributed by atoms with Crippen LogP contribution in [0, 0.1) is 11.7 Å². The molecule has 0 saturated carbocycles. The monoisotopic (exact) mass is 511 g/mol. The molecule has 3 aliphatic rings. The average molecular weight is 512 g/mol. The van der Waals surface area contributed by atoms with Crippen LogP contribution < -0.4 is 14.8 Å². The minimum absolute atomic E-state index is 0.0150. The number of morpholine rings is 1. The second-order valence-corrected chi connectivity index (χ2v) is 10.0. The van der Waals surface area contributed by atoms with Crippen LogP contribution in [0.1, 0.15) is 36.3 Å². The Kier molecular flexibility index (Phi) is 7.50. The molecule has 3 saturated heterocycles. The van der Waals surface area contributed by atoms with Crippen molar-refractivity contribution in [2.45, 2.75) is 37.3 Å². The molecule has 2 aromatic carbocycles. The first-order valence-electron chi connectivity index (χ1n) is 12.9. The van der Waals surface area contributed by atoms with Crippen molar-refractivity contribution in [3.63, 3.8) is 0 Å². The number of ether oxygens (including phenoxy) is 3. The first-order chi connectivity index (χ1) is 18.0. The van der Waals surface area contributed by atoms with E-state index in [2.05, 4.69) is 5.32 Å². The molecule has 2 aromatic rings. The number of benzene rings is 2. The molecule has 0 radical (unpaired) electrons. The highest BCUT2D eigenvalue weighted by molar-refractivity contribution is 5.79. The van der Waals surface area contributed by atoms with Crippen LogP contribution in [0.4, 0.5) is 9.18 Å². The summed E-state index contributed by atoms with van der Waals surface area (Å²) in [5, 5.41) is 2.96. The molecule has 3 atom stereocenters. The number of hydrogen-bond donors (Lipinski definition) is 1. The highest BCUT2D eigenvalue weighted by Gasteiger charge is 2.38. The number of methoxy groups -OCH3 is 2. The van der Waals surface area contributed by atoms with E-state index in [1.54, 1.807) is 14.2 Å². The Morgan fingerprint density at radius 2 is 1.65 bits per heavy atom. The van der Waals surface area contributed by atoms with Gasteiger partial charge in [0.05, 0.1) is 26.4 Å². The average Bonchev–Trinajstić information content (AvgIpc) is 2.93. The predicted octanol–water partition coefficient (Wildman–Crippen LogP) is 3.40. The normalized spacial score (nSPS) is 23.2. The smallest absolute Gasteiger partial charge is 0.320 e. The maximum Gasteiger partial charge on any atom is 0.320 e. The Morgan fingerprint density at radius 1 is 0.973 bits per heavy atom. The van der Waals surface area contributed by atoms with Crippen LogP contribution >= 0.6 is 0 Å². The molecule has 0 aliphatic carbocycles. The summed E-state index contributed by atoms with van der Waals surface area (Å²) >= 11 is 0. The van der Waals surface area contributed by atoms with E-state index in [-0.39, 0.29) is 48.3 Å². The largest absolute Gasteiger partial charge is 0.493 e. The number of nitrogens with one attached hydrogen (secondary N) is 1. The van der Waals surface area contributed by atoms with Crippen molar-refractivity contribution in [1.29, 1.82) is 0 Å². The van der Waals surface area contributed by atoms with Gasteiger partial charge in [0.1, 0.15) is 12.4 Å². The third-order valence-electron chi connectivity index (χ3n) is 7.87. The van der Waals surface area contributed by atoms with Crippen LogP contribution in [-0.2, 0) is 9.53 Å². The van der Waals surface area contributed by atoms with E-state index >= 15 is 0 Å². The third-order valence-corrected chi connectivity index (χ3v) is 7.87. The van der Waals surface area contributed by atoms with Gasteiger partial charge < -0.3 is 29.3 Å². The fourth-order valence-corrected chi connectivity index (χ4v) is 5.95. The summed E-state index contributed by atoms with van der Waals surface area (Å²) in [7, 11) is 3.23. The van der Waals surface area contributed by atoms with Gasteiger partial charge in [0.2, 0.25) is 5.91 Å². The summed E-state index contributed by atoms with van der Waals surface area (Å²) in [5.74, 6) is 1.22. The topological polar surface area (TPSA) is 80.3 Å². The predicted molar refractivity (Wildman–Crippen MR) is 135 cm³/mol. The molecule has 8 nitrogen and oxygen atoms in total. The van der Waals surface area contributed by atoms with Gasteiger partial charge in [-0.3, -0.25) is 4.79 Å². The highest BCUT2D eigenvalue weighted by atomic mass is 19.1. The lowest BCUT2D eigenvalue weighted by Gasteiger charge is -2.44. The summed E-state index contributed by atoms with van der Waals surface area (Å²) in [6.45, 7) is 2.47. The number of amides is 3. The lowest BCUT2D eigenvalue weighted by Crippen LogP contribution is -2.62. The van der Waals surface area contributed by atoms with Gasteiger partial charge in [0.15, 0.2) is 11.5 Å². The fraction of sp³-hybridized carbons (Fsp3) is 0.500. The van der Waals surface area contributed by atoms with E-state index in [1.165, 1.54) is 12.1 Å². The van der Waals surface area contributed by atoms with Gasteiger partial charge in [0.25, 0.3) is 0 Å². The summed E-state index contributed by atoms with van der Waals surface area (Å²) in [6, 6.07) is 12.5. The van der Waals surface area contributed by atoms with Crippen LogP contribution in [0.5, 0.6) is 11.5 Å². The zero-order valence-electron chi connectivity index (χ0n) is 21.3. The molecule has 1 unspecified atom stereocenters. The molecule has 3 fully saturated rings. The number of hydrogen-bond acceptors (Lipinski definition) is 5. The Morgan fingerprint density at radius 3 is 2.35 bits per heavy atom. The van der Waals surface area contributed by atoms with Gasteiger partial charge in [-0.1, -0.05) is 18.2 Å². The lowest BCUT2D eigenvalue weighted by molar-refractivity contribution is -0.139. The number of fused-ring (bicyclic) bond motifs is 1. The summed E-state index contributed by atoms with van der Waals surface area (Å²) < 4.78 is 30.3. The van der Waals surface area contributed by atoms with E-state index in [0.717, 1.165) is 30.4 Å². The Balaban J connectivity index is 1.30. The molecule has 0 aromatic heterocycles. The Bertz CT molecular complexity index is 1120. The lowest BCUT2D eigenvalue weighted by atomic mass is 9.76. The number of rotatable bonds is 5. The summed E-state index contributed by atoms with van der Waals surface area (Å²) in [5.41, 5.74) is 2.11. The van der Waals surface area contributed by atoms with Crippen LogP contribution in [0.15, 0.2) is 42.5 Å². The third kappa shape index (κ3) is 5.37. The van der Waals surface area contributed by atoms with E-state index in [4.69, 9.17) is 14.2 Å². The molecule has 5 rings (SSSR count). The molecule has 37 heavy (non-hydrogen) atoms. The summed E-state index contributed by atoms with van der Waals surface area (Å²) in [4.78, 5) is 28.8. The maximum atomic E-state index is 13.7. The molecular weight excluding hydrogens is 477 g/mol. The number of nitrogens with zero attached hydrogens (tertiary/aromatic N) is 2. The molecule has 3 amide bonds. The standard InChI is InChI=1S/C28H34FN3O5/c1-35-24-8-5-20(15-25(24)36-2)27(18-3-6-21(29)7-4-18)19-9-12-31(13-10-19)28(34)32-14-11-23-22(16-32)30-26(33)17-37-23/h3-8,15,19,22-23,27H,9-14,16-17H2,1-2H3,(H,30,33)/t22-,23?,27+/m1/s1. The second kappa shape index (κ2) is 11.0. The minimum Gasteiger partial charge on any atom is -0.493 e. The number of piperidine rings is 2. The quantitative estimate of drug-likeness (QED) is 0.666. The molecule has 3 heterocycles. The van der Waals surface area contributed by atoms with Crippen LogP contribution in [0.2, 0.25) is 0 Å². The first kappa shape index (κ1) is 25.3. The molecule has 198 valence electrons. The molecule has 0 bridgehead atoms. The van der Waals surface area contributed by atoms with Crippen molar-refractivity contribution in [3.8, 4) is 11.5 Å². The van der Waals surface area contributed by atoms with Crippen molar-refractivity contribution in [2.24, 2.45) is 5.92 Å². The Labute approximate surface area is 216 Å². The van der Waals surface area contributed by atoms with Crippen molar-refractivity contribution in [3.05, 3.63) is 59.4 Å². The van der Waals surface area contributed by atoms with Crippen LogP contribution in [-0.4, -0.2) is 80.9 Å². The van der Waals surface area contributed by atoms with Gasteiger partial charge in [-0.15, -0.1) is 0 Å². The first-order valence-corrected chi connectivity index (χ1v) is 12.9. The van der Waals surface area contributed by atoms with Crippen LogP contribution in [0.3, 0.4) is 0 Å². The van der Waals surface area contributed by atoms with Crippen LogP contribution in [0.25, 0.3) is 0 Å². The van der Waals surface area contributed by atoms with E-state index in [9.17, 15) is 14.0 Å². The fourth-order valence-electron chi connectivity index (χ4n) is 5.95. The SMILES string of the molecule is COc1ccc([C@@H](c2ccc(F)cc2)C2CCN(C(=O)N3CCC4OCC(=O)N[C@@H]4C3)CC2)cc1OC. The molecule has 0 spiro atoms. The van der Waals surface area contributed by atoms with E-state index in [0.29, 0.717) is 37.7 Å². The van der Waals surface area contributed by atoms with Crippen molar-refractivity contribution < 1.29 is 28.2 Å². The number of carbonyl (C=O) groups excluding carboxylic acids is 2. The number of carbonyl (C=O) groups is 2. The number of likely N-dealkylation sites (tertiary alicyclic amines) is 2. The van der Waals surface area contributed by atoms with Crippen molar-refractivity contribution >= 4 is 11.9 Å². The zero-order chi connectivity index (χ0) is 25.9. The molecule has 9 heteroatoms. The van der Waals surface area contributed by atoms with Gasteiger partial charge in [0, 0.05) is 32.1 Å². The van der Waals surface area contributed by atoms with Crippen molar-refractivity contribution in [2.75, 3.05) is 47.0 Å². The van der Waals surface area contributed by atoms with E-state index in [1.807, 2.05) is 40.1 Å². The highest BCUT2D eigenvalue weighted by Crippen LogP contribution is 2.41. The number of urea groups is 1. The maximum absolute atomic E-state index is 13.7. The molecule has 3 aliphatic heterocycles. The zero-order valence-corrected chi connectivity index (χ0v) is 21.3.